The van der Waals surface area contributed by atoms with Gasteiger partial charge in [0.2, 0.25) is 0 Å². The van der Waals surface area contributed by atoms with E-state index in [1.165, 1.54) is 12.1 Å². The molecule has 0 fully saturated rings. The van der Waals surface area contributed by atoms with Crippen LogP contribution in [0.5, 0.6) is 11.5 Å². The van der Waals surface area contributed by atoms with Crippen LogP contribution >= 0.6 is 0 Å². The van der Waals surface area contributed by atoms with Crippen molar-refractivity contribution in [2.24, 2.45) is 0 Å². The molecular formula is C24H24O6. The molecule has 1 aromatic heterocycles. The molecule has 3 aromatic rings. The highest BCUT2D eigenvalue weighted by atomic mass is 16.5. The maximum Gasteiger partial charge on any atom is 0.336 e. The Labute approximate surface area is 174 Å². The highest BCUT2D eigenvalue weighted by Crippen LogP contribution is 2.30. The van der Waals surface area contributed by atoms with E-state index >= 15 is 0 Å². The van der Waals surface area contributed by atoms with Crippen molar-refractivity contribution in [2.45, 2.75) is 33.5 Å². The van der Waals surface area contributed by atoms with Gasteiger partial charge in [-0.1, -0.05) is 12.1 Å². The molecule has 2 aromatic carbocycles. The van der Waals surface area contributed by atoms with Crippen LogP contribution in [-0.2, 0) is 16.1 Å². The number of aryl methyl sites for hydroxylation is 1. The Morgan fingerprint density at radius 2 is 1.87 bits per heavy atom. The average Bonchev–Trinajstić information content (AvgIpc) is 2.71. The summed E-state index contributed by atoms with van der Waals surface area (Å²) in [5.41, 5.74) is 2.04. The molecule has 0 amide bonds. The smallest absolute Gasteiger partial charge is 0.336 e. The van der Waals surface area contributed by atoms with Crippen molar-refractivity contribution in [3.63, 3.8) is 0 Å². The van der Waals surface area contributed by atoms with Gasteiger partial charge in [0.15, 0.2) is 0 Å². The van der Waals surface area contributed by atoms with Gasteiger partial charge in [-0.05, 0) is 62.2 Å². The standard InChI is InChI=1S/C24H24O6/c1-15(2)29-21-11-10-19-16(3)13-23(26)30-24(19)20(21)14-28-22(25)12-7-17-5-8-18(27-4)9-6-17/h5-13,15H,14H2,1-4H3/b12-7+. The summed E-state index contributed by atoms with van der Waals surface area (Å²) in [6, 6.07) is 12.3. The lowest BCUT2D eigenvalue weighted by Gasteiger charge is -2.16. The van der Waals surface area contributed by atoms with Crippen LogP contribution in [0, 0.1) is 6.92 Å². The van der Waals surface area contributed by atoms with Crippen molar-refractivity contribution in [1.29, 1.82) is 0 Å². The van der Waals surface area contributed by atoms with E-state index in [0.29, 0.717) is 16.9 Å². The molecule has 30 heavy (non-hydrogen) atoms. The molecule has 0 saturated carbocycles. The minimum Gasteiger partial charge on any atom is -0.497 e. The maximum absolute atomic E-state index is 12.2. The molecule has 3 rings (SSSR count). The van der Waals surface area contributed by atoms with Gasteiger partial charge in [-0.15, -0.1) is 0 Å². The predicted octanol–water partition coefficient (Wildman–Crippen LogP) is 4.65. The quantitative estimate of drug-likeness (QED) is 0.322. The van der Waals surface area contributed by atoms with Crippen LogP contribution in [0.2, 0.25) is 0 Å². The highest BCUT2D eigenvalue weighted by Gasteiger charge is 2.16. The molecule has 0 bridgehead atoms. The van der Waals surface area contributed by atoms with Crippen LogP contribution in [0.15, 0.2) is 57.8 Å². The molecule has 0 aliphatic rings. The van der Waals surface area contributed by atoms with Crippen molar-refractivity contribution in [3.8, 4) is 11.5 Å². The van der Waals surface area contributed by atoms with Gasteiger partial charge in [-0.25, -0.2) is 9.59 Å². The predicted molar refractivity (Wildman–Crippen MR) is 115 cm³/mol. The molecule has 0 aliphatic heterocycles. The second-order valence-electron chi connectivity index (χ2n) is 7.05. The summed E-state index contributed by atoms with van der Waals surface area (Å²) in [5, 5.41) is 0.769. The maximum atomic E-state index is 12.2. The van der Waals surface area contributed by atoms with Crippen molar-refractivity contribution in [1.82, 2.24) is 0 Å². The summed E-state index contributed by atoms with van der Waals surface area (Å²) in [6.07, 6.45) is 2.90. The van der Waals surface area contributed by atoms with E-state index < -0.39 is 11.6 Å². The third-order valence-electron chi connectivity index (χ3n) is 4.43. The largest absolute Gasteiger partial charge is 0.497 e. The van der Waals surface area contributed by atoms with Crippen LogP contribution < -0.4 is 15.1 Å². The van der Waals surface area contributed by atoms with Gasteiger partial charge in [0.25, 0.3) is 0 Å². The van der Waals surface area contributed by atoms with Crippen molar-refractivity contribution in [2.75, 3.05) is 7.11 Å². The van der Waals surface area contributed by atoms with Crippen LogP contribution in [0.25, 0.3) is 17.0 Å². The minimum atomic E-state index is -0.520. The van der Waals surface area contributed by atoms with E-state index in [-0.39, 0.29) is 12.7 Å². The van der Waals surface area contributed by atoms with Crippen molar-refractivity contribution in [3.05, 3.63) is 75.7 Å². The van der Waals surface area contributed by atoms with Gasteiger partial charge < -0.3 is 18.6 Å². The van der Waals surface area contributed by atoms with Gasteiger partial charge in [0.1, 0.15) is 23.7 Å². The summed E-state index contributed by atoms with van der Waals surface area (Å²) >= 11 is 0. The van der Waals surface area contributed by atoms with Gasteiger partial charge in [-0.2, -0.15) is 0 Å². The second kappa shape index (κ2) is 9.31. The fourth-order valence-corrected chi connectivity index (χ4v) is 2.99. The lowest BCUT2D eigenvalue weighted by Crippen LogP contribution is -2.10. The molecule has 0 N–H and O–H groups in total. The molecule has 0 spiro atoms. The van der Waals surface area contributed by atoms with Gasteiger partial charge in [-0.3, -0.25) is 0 Å². The van der Waals surface area contributed by atoms with Crippen molar-refractivity contribution >= 4 is 23.0 Å². The van der Waals surface area contributed by atoms with Gasteiger partial charge in [0.05, 0.1) is 18.8 Å². The lowest BCUT2D eigenvalue weighted by molar-refractivity contribution is -0.138. The Morgan fingerprint density at radius 3 is 2.53 bits per heavy atom. The number of esters is 1. The Kier molecular flexibility index (Phi) is 6.57. The van der Waals surface area contributed by atoms with E-state index in [1.54, 1.807) is 31.4 Å². The number of carbonyl (C=O) groups is 1. The highest BCUT2D eigenvalue weighted by molar-refractivity contribution is 5.88. The monoisotopic (exact) mass is 408 g/mol. The molecule has 6 nitrogen and oxygen atoms in total. The van der Waals surface area contributed by atoms with E-state index in [0.717, 1.165) is 22.3 Å². The van der Waals surface area contributed by atoms with E-state index in [1.807, 2.05) is 39.0 Å². The van der Waals surface area contributed by atoms with E-state index in [9.17, 15) is 9.59 Å². The summed E-state index contributed by atoms with van der Waals surface area (Å²) in [6.45, 7) is 5.53. The second-order valence-corrected chi connectivity index (χ2v) is 7.05. The minimum absolute atomic E-state index is 0.0857. The molecule has 0 aliphatic carbocycles. The number of carbonyl (C=O) groups excluding carboxylic acids is 1. The van der Waals surface area contributed by atoms with E-state index in [4.69, 9.17) is 18.6 Å². The Balaban J connectivity index is 1.83. The number of hydrogen-bond acceptors (Lipinski definition) is 6. The Bertz CT molecular complexity index is 1120. The van der Waals surface area contributed by atoms with E-state index in [2.05, 4.69) is 0 Å². The first-order valence-corrected chi connectivity index (χ1v) is 9.59. The summed E-state index contributed by atoms with van der Waals surface area (Å²) < 4.78 is 21.8. The number of hydrogen-bond donors (Lipinski definition) is 0. The molecule has 0 atom stereocenters. The Morgan fingerprint density at radius 1 is 1.13 bits per heavy atom. The first kappa shape index (κ1) is 21.2. The Hall–Kier alpha value is -3.54. The molecule has 0 unspecified atom stereocenters. The first-order chi connectivity index (χ1) is 14.4. The zero-order chi connectivity index (χ0) is 21.7. The third kappa shape index (κ3) is 5.08. The molecular weight excluding hydrogens is 384 g/mol. The van der Waals surface area contributed by atoms with Gasteiger partial charge in [0, 0.05) is 17.5 Å². The summed E-state index contributed by atoms with van der Waals surface area (Å²) in [4.78, 5) is 24.1. The zero-order valence-electron chi connectivity index (χ0n) is 17.4. The molecule has 0 radical (unpaired) electrons. The zero-order valence-corrected chi connectivity index (χ0v) is 17.4. The van der Waals surface area contributed by atoms with Crippen LogP contribution in [0.4, 0.5) is 0 Å². The molecule has 1 heterocycles. The molecule has 6 heteroatoms. The number of methoxy groups -OCH3 is 1. The van der Waals surface area contributed by atoms with Crippen LogP contribution in [0.1, 0.15) is 30.5 Å². The molecule has 156 valence electrons. The SMILES string of the molecule is COc1ccc(/C=C/C(=O)OCc2c(OC(C)C)ccc3c(C)cc(=O)oc23)cc1. The van der Waals surface area contributed by atoms with Gasteiger partial charge >= 0.3 is 11.6 Å². The molecule has 0 saturated heterocycles. The van der Waals surface area contributed by atoms with Crippen molar-refractivity contribution < 1.29 is 23.4 Å². The van der Waals surface area contributed by atoms with Crippen LogP contribution in [0.3, 0.4) is 0 Å². The van der Waals surface area contributed by atoms with Crippen LogP contribution in [-0.4, -0.2) is 19.2 Å². The third-order valence-corrected chi connectivity index (χ3v) is 4.43. The topological polar surface area (TPSA) is 75.0 Å². The first-order valence-electron chi connectivity index (χ1n) is 9.59. The number of benzene rings is 2. The fourth-order valence-electron chi connectivity index (χ4n) is 2.99. The number of ether oxygens (including phenoxy) is 3. The average molecular weight is 408 g/mol. The summed E-state index contributed by atoms with van der Waals surface area (Å²) in [5.74, 6) is 0.728. The summed E-state index contributed by atoms with van der Waals surface area (Å²) in [7, 11) is 1.59. The number of fused-ring (bicyclic) bond motifs is 1. The lowest BCUT2D eigenvalue weighted by atomic mass is 10.1. The number of rotatable bonds is 7. The fraction of sp³-hybridized carbons (Fsp3) is 0.250. The normalized spacial score (nSPS) is 11.2.